The maximum Gasteiger partial charge on any atom is 0.227 e. The molecule has 0 radical (unpaired) electrons. The van der Waals surface area contributed by atoms with Crippen LogP contribution in [0.1, 0.15) is 19.4 Å². The fraction of sp³-hybridized carbons (Fsp3) is 0.500. The smallest absolute Gasteiger partial charge is 0.227 e. The van der Waals surface area contributed by atoms with E-state index in [-0.39, 0.29) is 17.9 Å². The van der Waals surface area contributed by atoms with Crippen LogP contribution in [0.3, 0.4) is 0 Å². The van der Waals surface area contributed by atoms with Gasteiger partial charge >= 0.3 is 0 Å². The van der Waals surface area contributed by atoms with Gasteiger partial charge in [-0.2, -0.15) is 0 Å². The molecule has 0 aromatic heterocycles. The summed E-state index contributed by atoms with van der Waals surface area (Å²) in [6.07, 6.45) is 0.0978. The first-order valence-corrected chi connectivity index (χ1v) is 6.35. The highest BCUT2D eigenvalue weighted by Crippen LogP contribution is 2.18. The molecule has 1 saturated heterocycles. The zero-order valence-corrected chi connectivity index (χ0v) is 11.2. The molecule has 19 heavy (non-hydrogen) atoms. The van der Waals surface area contributed by atoms with Gasteiger partial charge in [-0.15, -0.1) is 0 Å². The largest absolute Gasteiger partial charge is 0.335 e. The molecule has 0 unspecified atom stereocenters. The number of carbonyl (C=O) groups is 1. The Kier molecular flexibility index (Phi) is 3.85. The average Bonchev–Trinajstić information content (AvgIpc) is 2.33. The highest BCUT2D eigenvalue weighted by atomic mass is 19.2. The maximum atomic E-state index is 13.1. The van der Waals surface area contributed by atoms with Crippen LogP contribution in [-0.4, -0.2) is 36.0 Å². The van der Waals surface area contributed by atoms with E-state index in [0.717, 1.165) is 25.2 Å². The number of hydrogen-bond donors (Lipinski definition) is 1. The third kappa shape index (κ3) is 3.10. The molecular formula is C14H18F2N2O. The van der Waals surface area contributed by atoms with E-state index in [1.165, 1.54) is 6.07 Å². The van der Waals surface area contributed by atoms with Crippen molar-refractivity contribution in [2.24, 2.45) is 0 Å². The van der Waals surface area contributed by atoms with Gasteiger partial charge in [0.05, 0.1) is 6.42 Å². The molecule has 0 atom stereocenters. The summed E-state index contributed by atoms with van der Waals surface area (Å²) >= 11 is 0. The number of halogens is 2. The summed E-state index contributed by atoms with van der Waals surface area (Å²) < 4.78 is 25.9. The molecule has 1 fully saturated rings. The van der Waals surface area contributed by atoms with E-state index in [9.17, 15) is 13.6 Å². The van der Waals surface area contributed by atoms with Crippen molar-refractivity contribution in [3.63, 3.8) is 0 Å². The van der Waals surface area contributed by atoms with Crippen molar-refractivity contribution in [1.29, 1.82) is 0 Å². The fourth-order valence-corrected chi connectivity index (χ4v) is 2.37. The summed E-state index contributed by atoms with van der Waals surface area (Å²) in [6.45, 7) is 6.10. The van der Waals surface area contributed by atoms with Crippen molar-refractivity contribution >= 4 is 5.91 Å². The normalized spacial score (nSPS) is 18.4. The Morgan fingerprint density at radius 1 is 1.37 bits per heavy atom. The van der Waals surface area contributed by atoms with Gasteiger partial charge < -0.3 is 10.2 Å². The van der Waals surface area contributed by atoms with Gasteiger partial charge in [0.1, 0.15) is 0 Å². The summed E-state index contributed by atoms with van der Waals surface area (Å²) in [5.74, 6) is -1.86. The summed E-state index contributed by atoms with van der Waals surface area (Å²) in [6, 6.07) is 3.59. The van der Waals surface area contributed by atoms with Gasteiger partial charge in [-0.05, 0) is 31.5 Å². The van der Waals surface area contributed by atoms with Gasteiger partial charge in [0.2, 0.25) is 5.91 Å². The lowest BCUT2D eigenvalue weighted by Gasteiger charge is -2.43. The highest BCUT2D eigenvalue weighted by molar-refractivity contribution is 5.79. The van der Waals surface area contributed by atoms with Crippen LogP contribution >= 0.6 is 0 Å². The molecule has 1 aromatic rings. The van der Waals surface area contributed by atoms with E-state index in [0.29, 0.717) is 12.1 Å². The van der Waals surface area contributed by atoms with Gasteiger partial charge in [0, 0.05) is 25.2 Å². The van der Waals surface area contributed by atoms with Gasteiger partial charge in [0.25, 0.3) is 0 Å². The van der Waals surface area contributed by atoms with Crippen molar-refractivity contribution in [2.45, 2.75) is 25.8 Å². The molecule has 2 rings (SSSR count). The lowest BCUT2D eigenvalue weighted by molar-refractivity contribution is -0.136. The van der Waals surface area contributed by atoms with Crippen molar-refractivity contribution < 1.29 is 13.6 Å². The quantitative estimate of drug-likeness (QED) is 0.885. The van der Waals surface area contributed by atoms with Gasteiger partial charge in [0.15, 0.2) is 11.6 Å². The topological polar surface area (TPSA) is 32.3 Å². The highest BCUT2D eigenvalue weighted by Gasteiger charge is 2.32. The van der Waals surface area contributed by atoms with Crippen LogP contribution in [0.5, 0.6) is 0 Å². The second kappa shape index (κ2) is 5.25. The van der Waals surface area contributed by atoms with E-state index < -0.39 is 11.6 Å². The van der Waals surface area contributed by atoms with Crippen molar-refractivity contribution in [3.05, 3.63) is 35.4 Å². The Balaban J connectivity index is 2.09. The van der Waals surface area contributed by atoms with Crippen molar-refractivity contribution in [2.75, 3.05) is 19.6 Å². The Labute approximate surface area is 111 Å². The predicted octanol–water partition coefficient (Wildman–Crippen LogP) is 1.72. The maximum absolute atomic E-state index is 13.1. The van der Waals surface area contributed by atoms with Crippen LogP contribution < -0.4 is 5.32 Å². The molecule has 1 aliphatic heterocycles. The molecule has 1 aliphatic rings. The van der Waals surface area contributed by atoms with Crippen LogP contribution in [0.2, 0.25) is 0 Å². The SMILES string of the molecule is CC1(C)CNCCN1C(=O)Cc1ccc(F)c(F)c1. The van der Waals surface area contributed by atoms with Gasteiger partial charge in [-0.25, -0.2) is 8.78 Å². The number of rotatable bonds is 2. The van der Waals surface area contributed by atoms with Gasteiger partial charge in [-0.3, -0.25) is 4.79 Å². The summed E-state index contributed by atoms with van der Waals surface area (Å²) in [4.78, 5) is 14.1. The minimum atomic E-state index is -0.912. The standard InChI is InChI=1S/C14H18F2N2O/c1-14(2)9-17-5-6-18(14)13(19)8-10-3-4-11(15)12(16)7-10/h3-4,7,17H,5-6,8-9H2,1-2H3. The molecular weight excluding hydrogens is 250 g/mol. The van der Waals surface area contributed by atoms with Crippen LogP contribution in [-0.2, 0) is 11.2 Å². The number of nitrogens with zero attached hydrogens (tertiary/aromatic N) is 1. The molecule has 1 heterocycles. The average molecular weight is 268 g/mol. The summed E-state index contributed by atoms with van der Waals surface area (Å²) in [5, 5.41) is 3.24. The predicted molar refractivity (Wildman–Crippen MR) is 68.7 cm³/mol. The number of carbonyl (C=O) groups excluding carboxylic acids is 1. The number of amides is 1. The van der Waals surface area contributed by atoms with Crippen LogP contribution in [0, 0.1) is 11.6 Å². The second-order valence-electron chi connectivity index (χ2n) is 5.46. The molecule has 1 N–H and O–H groups in total. The first kappa shape index (κ1) is 13.9. The fourth-order valence-electron chi connectivity index (χ4n) is 2.37. The Bertz CT molecular complexity index is 488. The molecule has 1 amide bonds. The molecule has 1 aromatic carbocycles. The number of hydrogen-bond acceptors (Lipinski definition) is 2. The zero-order chi connectivity index (χ0) is 14.0. The van der Waals surface area contributed by atoms with E-state index in [1.807, 2.05) is 13.8 Å². The Hall–Kier alpha value is -1.49. The second-order valence-corrected chi connectivity index (χ2v) is 5.46. The molecule has 0 saturated carbocycles. The lowest BCUT2D eigenvalue weighted by atomic mass is 9.99. The summed E-state index contributed by atoms with van der Waals surface area (Å²) in [7, 11) is 0. The lowest BCUT2D eigenvalue weighted by Crippen LogP contribution is -2.60. The van der Waals surface area contributed by atoms with Crippen molar-refractivity contribution in [3.8, 4) is 0 Å². The van der Waals surface area contributed by atoms with Crippen LogP contribution in [0.15, 0.2) is 18.2 Å². The summed E-state index contributed by atoms with van der Waals surface area (Å²) in [5.41, 5.74) is 0.242. The molecule has 0 spiro atoms. The van der Waals surface area contributed by atoms with Crippen LogP contribution in [0.4, 0.5) is 8.78 Å². The first-order chi connectivity index (χ1) is 8.90. The van der Waals surface area contributed by atoms with E-state index in [1.54, 1.807) is 4.90 Å². The van der Waals surface area contributed by atoms with Crippen LogP contribution in [0.25, 0.3) is 0 Å². The minimum Gasteiger partial charge on any atom is -0.335 e. The van der Waals surface area contributed by atoms with E-state index >= 15 is 0 Å². The zero-order valence-electron chi connectivity index (χ0n) is 11.2. The molecule has 104 valence electrons. The minimum absolute atomic E-state index is 0.0579. The Morgan fingerprint density at radius 3 is 2.74 bits per heavy atom. The molecule has 3 nitrogen and oxygen atoms in total. The number of benzene rings is 1. The molecule has 0 aliphatic carbocycles. The first-order valence-electron chi connectivity index (χ1n) is 6.35. The number of nitrogens with one attached hydrogen (secondary N) is 1. The van der Waals surface area contributed by atoms with Gasteiger partial charge in [-0.1, -0.05) is 6.07 Å². The molecule has 5 heteroatoms. The van der Waals surface area contributed by atoms with E-state index in [2.05, 4.69) is 5.32 Å². The number of piperazine rings is 1. The monoisotopic (exact) mass is 268 g/mol. The Morgan fingerprint density at radius 2 is 2.11 bits per heavy atom. The van der Waals surface area contributed by atoms with Crippen molar-refractivity contribution in [1.82, 2.24) is 10.2 Å². The molecule has 0 bridgehead atoms. The third-order valence-electron chi connectivity index (χ3n) is 3.44. The van der Waals surface area contributed by atoms with E-state index in [4.69, 9.17) is 0 Å². The third-order valence-corrected chi connectivity index (χ3v) is 3.44.